The fraction of sp³-hybridized carbons (Fsp3) is 0.300. The van der Waals surface area contributed by atoms with Gasteiger partial charge in [-0.15, -0.1) is 0 Å². The van der Waals surface area contributed by atoms with Gasteiger partial charge in [-0.2, -0.15) is 0 Å². The number of amides is 2. The van der Waals surface area contributed by atoms with E-state index in [-0.39, 0.29) is 18.2 Å². The number of aryl methyl sites for hydroxylation is 1. The summed E-state index contributed by atoms with van der Waals surface area (Å²) >= 11 is 11.9. The number of rotatable bonds is 7. The molecular formula is C20H22Cl2N2O2. The number of halogens is 2. The third kappa shape index (κ3) is 6.36. The number of carbonyl (C=O) groups is 2. The van der Waals surface area contributed by atoms with Crippen LogP contribution in [0.3, 0.4) is 0 Å². The first kappa shape index (κ1) is 20.3. The van der Waals surface area contributed by atoms with E-state index >= 15 is 0 Å². The molecule has 0 saturated carbocycles. The van der Waals surface area contributed by atoms with Crippen molar-refractivity contribution < 1.29 is 9.59 Å². The van der Waals surface area contributed by atoms with Crippen molar-refractivity contribution >= 4 is 40.7 Å². The van der Waals surface area contributed by atoms with Gasteiger partial charge in [0.25, 0.3) is 0 Å². The molecule has 0 bridgehead atoms. The fourth-order valence-electron chi connectivity index (χ4n) is 2.60. The minimum atomic E-state index is -0.135. The molecule has 0 radical (unpaired) electrons. The van der Waals surface area contributed by atoms with Crippen molar-refractivity contribution in [3.63, 3.8) is 0 Å². The van der Waals surface area contributed by atoms with Gasteiger partial charge in [0.15, 0.2) is 0 Å². The maximum Gasteiger partial charge on any atom is 0.226 e. The van der Waals surface area contributed by atoms with E-state index in [4.69, 9.17) is 23.2 Å². The van der Waals surface area contributed by atoms with Crippen LogP contribution >= 0.6 is 23.2 Å². The quantitative estimate of drug-likeness (QED) is 0.740. The van der Waals surface area contributed by atoms with Crippen LogP contribution in [-0.2, 0) is 16.0 Å². The fourth-order valence-corrected chi connectivity index (χ4v) is 3.04. The van der Waals surface area contributed by atoms with Gasteiger partial charge < -0.3 is 10.2 Å². The molecule has 1 N–H and O–H groups in total. The lowest BCUT2D eigenvalue weighted by molar-refractivity contribution is -0.129. The topological polar surface area (TPSA) is 49.4 Å². The van der Waals surface area contributed by atoms with E-state index in [0.29, 0.717) is 29.6 Å². The Balaban J connectivity index is 1.87. The van der Waals surface area contributed by atoms with Gasteiger partial charge in [0, 0.05) is 42.2 Å². The molecule has 2 aromatic rings. The molecule has 0 spiro atoms. The first-order valence-electron chi connectivity index (χ1n) is 8.41. The lowest BCUT2D eigenvalue weighted by atomic mass is 10.1. The second-order valence-electron chi connectivity index (χ2n) is 6.14. The second-order valence-corrected chi connectivity index (χ2v) is 7.02. The summed E-state index contributed by atoms with van der Waals surface area (Å²) in [4.78, 5) is 25.7. The van der Waals surface area contributed by atoms with Crippen LogP contribution in [0.15, 0.2) is 42.5 Å². The smallest absolute Gasteiger partial charge is 0.226 e. The number of anilines is 1. The molecule has 0 aliphatic rings. The highest BCUT2D eigenvalue weighted by Gasteiger charge is 2.12. The normalized spacial score (nSPS) is 10.5. The van der Waals surface area contributed by atoms with Crippen molar-refractivity contribution in [3.8, 4) is 0 Å². The minimum Gasteiger partial charge on any atom is -0.342 e. The highest BCUT2D eigenvalue weighted by molar-refractivity contribution is 6.31. The molecule has 26 heavy (non-hydrogen) atoms. The van der Waals surface area contributed by atoms with Crippen LogP contribution in [0, 0.1) is 6.92 Å². The maximum atomic E-state index is 12.2. The van der Waals surface area contributed by atoms with Gasteiger partial charge in [-0.3, -0.25) is 9.59 Å². The van der Waals surface area contributed by atoms with Gasteiger partial charge in [-0.05, 0) is 54.8 Å². The Kier molecular flexibility index (Phi) is 7.49. The minimum absolute atomic E-state index is 0.0532. The first-order chi connectivity index (χ1) is 12.3. The van der Waals surface area contributed by atoms with Crippen molar-refractivity contribution in [2.75, 3.05) is 18.4 Å². The predicted octanol–water partition coefficient (Wildman–Crippen LogP) is 4.72. The molecule has 0 unspecified atom stereocenters. The SMILES string of the molecule is CC(=O)N(CCC(=O)Nc1ccc(Cl)cc1C)CCc1cccc(Cl)c1. The van der Waals surface area contributed by atoms with Gasteiger partial charge in [0.1, 0.15) is 0 Å². The molecular weight excluding hydrogens is 371 g/mol. The average molecular weight is 393 g/mol. The third-order valence-electron chi connectivity index (χ3n) is 4.08. The molecule has 0 aliphatic carbocycles. The van der Waals surface area contributed by atoms with Gasteiger partial charge in [0.05, 0.1) is 0 Å². The van der Waals surface area contributed by atoms with E-state index in [1.165, 1.54) is 6.92 Å². The summed E-state index contributed by atoms with van der Waals surface area (Å²) in [6.07, 6.45) is 0.926. The average Bonchev–Trinajstić information content (AvgIpc) is 2.57. The Labute approximate surface area is 164 Å². The Hall–Kier alpha value is -2.04. The van der Waals surface area contributed by atoms with Crippen molar-refractivity contribution in [1.29, 1.82) is 0 Å². The van der Waals surface area contributed by atoms with Crippen molar-refractivity contribution in [3.05, 3.63) is 63.6 Å². The first-order valence-corrected chi connectivity index (χ1v) is 9.16. The van der Waals surface area contributed by atoms with Crippen LogP contribution in [0.2, 0.25) is 10.0 Å². The maximum absolute atomic E-state index is 12.2. The van der Waals surface area contributed by atoms with Gasteiger partial charge in [0.2, 0.25) is 11.8 Å². The van der Waals surface area contributed by atoms with E-state index in [0.717, 1.165) is 16.8 Å². The van der Waals surface area contributed by atoms with E-state index in [1.54, 1.807) is 23.1 Å². The zero-order chi connectivity index (χ0) is 19.1. The number of hydrogen-bond acceptors (Lipinski definition) is 2. The summed E-state index contributed by atoms with van der Waals surface area (Å²) in [7, 11) is 0. The molecule has 0 aromatic heterocycles. The Bertz CT molecular complexity index is 793. The molecule has 6 heteroatoms. The molecule has 2 aromatic carbocycles. The Morgan fingerprint density at radius 3 is 2.42 bits per heavy atom. The molecule has 2 amide bonds. The van der Waals surface area contributed by atoms with Crippen molar-refractivity contribution in [1.82, 2.24) is 4.90 Å². The molecule has 0 fully saturated rings. The molecule has 0 heterocycles. The third-order valence-corrected chi connectivity index (χ3v) is 4.55. The molecule has 0 saturated heterocycles. The number of nitrogens with one attached hydrogen (secondary N) is 1. The van der Waals surface area contributed by atoms with E-state index < -0.39 is 0 Å². The number of benzene rings is 2. The summed E-state index contributed by atoms with van der Waals surface area (Å²) in [5.41, 5.74) is 2.69. The van der Waals surface area contributed by atoms with Crippen LogP contribution in [0.5, 0.6) is 0 Å². The summed E-state index contributed by atoms with van der Waals surface area (Å²) in [5.74, 6) is -0.188. The van der Waals surface area contributed by atoms with E-state index in [2.05, 4.69) is 5.32 Å². The highest BCUT2D eigenvalue weighted by atomic mass is 35.5. The van der Waals surface area contributed by atoms with Crippen LogP contribution in [-0.4, -0.2) is 29.8 Å². The Morgan fingerprint density at radius 1 is 1.04 bits per heavy atom. The lowest BCUT2D eigenvalue weighted by Crippen LogP contribution is -2.33. The van der Waals surface area contributed by atoms with Crippen LogP contribution < -0.4 is 5.32 Å². The number of nitrogens with zero attached hydrogens (tertiary/aromatic N) is 1. The molecule has 0 aliphatic heterocycles. The number of carbonyl (C=O) groups excluding carboxylic acids is 2. The molecule has 4 nitrogen and oxygen atoms in total. The monoisotopic (exact) mass is 392 g/mol. The van der Waals surface area contributed by atoms with Gasteiger partial charge in [-0.25, -0.2) is 0 Å². The van der Waals surface area contributed by atoms with Crippen LogP contribution in [0.25, 0.3) is 0 Å². The summed E-state index contributed by atoms with van der Waals surface area (Å²) in [5, 5.41) is 4.16. The van der Waals surface area contributed by atoms with Gasteiger partial charge >= 0.3 is 0 Å². The molecule has 2 rings (SSSR count). The number of hydrogen-bond donors (Lipinski definition) is 1. The lowest BCUT2D eigenvalue weighted by Gasteiger charge is -2.21. The largest absolute Gasteiger partial charge is 0.342 e. The zero-order valence-corrected chi connectivity index (χ0v) is 16.4. The van der Waals surface area contributed by atoms with Crippen molar-refractivity contribution in [2.45, 2.75) is 26.7 Å². The predicted molar refractivity (Wildman–Crippen MR) is 107 cm³/mol. The van der Waals surface area contributed by atoms with E-state index in [1.807, 2.05) is 31.2 Å². The van der Waals surface area contributed by atoms with Crippen LogP contribution in [0.4, 0.5) is 5.69 Å². The molecule has 138 valence electrons. The summed E-state index contributed by atoms with van der Waals surface area (Å²) in [6, 6.07) is 12.9. The van der Waals surface area contributed by atoms with Crippen LogP contribution in [0.1, 0.15) is 24.5 Å². The van der Waals surface area contributed by atoms with Gasteiger partial charge in [-0.1, -0.05) is 35.3 Å². The molecule has 0 atom stereocenters. The second kappa shape index (κ2) is 9.60. The highest BCUT2D eigenvalue weighted by Crippen LogP contribution is 2.19. The summed E-state index contributed by atoms with van der Waals surface area (Å²) in [6.45, 7) is 4.31. The van der Waals surface area contributed by atoms with E-state index in [9.17, 15) is 9.59 Å². The Morgan fingerprint density at radius 2 is 1.77 bits per heavy atom. The summed E-state index contributed by atoms with van der Waals surface area (Å²) < 4.78 is 0. The zero-order valence-electron chi connectivity index (χ0n) is 14.9. The van der Waals surface area contributed by atoms with Crippen molar-refractivity contribution in [2.24, 2.45) is 0 Å². The standard InChI is InChI=1S/C20H22Cl2N2O2/c1-14-12-18(22)6-7-19(14)23-20(26)9-11-24(15(2)25)10-8-16-4-3-5-17(21)13-16/h3-7,12-13H,8-11H2,1-2H3,(H,23,26).